The molecule has 2 rings (SSSR count). The van der Waals surface area contributed by atoms with E-state index in [0.717, 1.165) is 32.4 Å². The third-order valence-electron chi connectivity index (χ3n) is 3.61. The zero-order valence-electron chi connectivity index (χ0n) is 11.2. The largest absolute Gasteiger partial charge is 0.409 e. The fourth-order valence-electron chi connectivity index (χ4n) is 2.58. The third kappa shape index (κ3) is 3.13. The molecule has 1 saturated heterocycles. The van der Waals surface area contributed by atoms with Crippen molar-refractivity contribution >= 4 is 23.3 Å². The average molecular weight is 299 g/mol. The summed E-state index contributed by atoms with van der Waals surface area (Å²) in [6, 6.07) is 1.62. The molecule has 0 radical (unpaired) electrons. The molecule has 1 aromatic heterocycles. The molecule has 20 heavy (non-hydrogen) atoms. The number of rotatable bonds is 4. The minimum atomic E-state index is -0.0254. The predicted molar refractivity (Wildman–Crippen MR) is 78.4 cm³/mol. The summed E-state index contributed by atoms with van der Waals surface area (Å²) in [5.41, 5.74) is 6.08. The van der Waals surface area contributed by atoms with E-state index in [1.807, 2.05) is 0 Å². The molecular weight excluding hydrogens is 280 g/mol. The van der Waals surface area contributed by atoms with Crippen LogP contribution < -0.4 is 10.6 Å². The van der Waals surface area contributed by atoms with E-state index in [9.17, 15) is 0 Å². The van der Waals surface area contributed by atoms with Crippen molar-refractivity contribution in [3.63, 3.8) is 0 Å². The Morgan fingerprint density at radius 3 is 3.10 bits per heavy atom. The van der Waals surface area contributed by atoms with Crippen molar-refractivity contribution in [2.75, 3.05) is 24.6 Å². The van der Waals surface area contributed by atoms with Crippen molar-refractivity contribution in [1.82, 2.24) is 4.98 Å². The first-order valence-electron chi connectivity index (χ1n) is 6.65. The van der Waals surface area contributed by atoms with Crippen LogP contribution in [0.25, 0.3) is 0 Å². The van der Waals surface area contributed by atoms with Crippen LogP contribution in [0.4, 0.5) is 5.82 Å². The summed E-state index contributed by atoms with van der Waals surface area (Å²) in [5, 5.41) is 21.2. The number of nitrogens with two attached hydrogens (primary N) is 1. The molecule has 0 bridgehead atoms. The van der Waals surface area contributed by atoms with Gasteiger partial charge in [0.1, 0.15) is 5.82 Å². The topological polar surface area (TPSA) is 95.0 Å². The molecule has 6 nitrogen and oxygen atoms in total. The predicted octanol–water partition coefficient (Wildman–Crippen LogP) is 1.43. The summed E-state index contributed by atoms with van der Waals surface area (Å²) >= 11 is 6.32. The van der Waals surface area contributed by atoms with Gasteiger partial charge in [-0.25, -0.2) is 4.98 Å². The second kappa shape index (κ2) is 6.76. The number of aliphatic hydroxyl groups excluding tert-OH is 1. The van der Waals surface area contributed by atoms with E-state index in [0.29, 0.717) is 22.3 Å². The molecule has 110 valence electrons. The molecule has 1 fully saturated rings. The molecule has 0 amide bonds. The molecule has 1 atom stereocenters. The summed E-state index contributed by atoms with van der Waals surface area (Å²) in [6.45, 7) is 1.88. The SMILES string of the molecule is N/C(=N/O)c1ccnc(N2CCCC(CCO)C2)c1Cl. The Kier molecular flexibility index (Phi) is 5.03. The van der Waals surface area contributed by atoms with E-state index >= 15 is 0 Å². The Morgan fingerprint density at radius 1 is 1.60 bits per heavy atom. The molecule has 1 unspecified atom stereocenters. The first-order valence-corrected chi connectivity index (χ1v) is 7.03. The molecule has 1 aliphatic heterocycles. The molecule has 1 aromatic rings. The van der Waals surface area contributed by atoms with Gasteiger partial charge in [0.05, 0.1) is 5.02 Å². The van der Waals surface area contributed by atoms with E-state index < -0.39 is 0 Å². The van der Waals surface area contributed by atoms with Crippen LogP contribution >= 0.6 is 11.6 Å². The number of halogens is 1. The van der Waals surface area contributed by atoms with Gasteiger partial charge in [-0.2, -0.15) is 0 Å². The molecule has 7 heteroatoms. The molecule has 0 aromatic carbocycles. The second-order valence-electron chi connectivity index (χ2n) is 4.95. The highest BCUT2D eigenvalue weighted by atomic mass is 35.5. The standard InChI is InChI=1S/C13H19ClN4O2/c14-11-10(12(15)17-20)3-5-16-13(11)18-6-1-2-9(8-18)4-7-19/h3,5,9,19-20H,1-2,4,6-8H2,(H2,15,17). The van der Waals surface area contributed by atoms with Crippen LogP contribution in [-0.2, 0) is 0 Å². The van der Waals surface area contributed by atoms with E-state index in [-0.39, 0.29) is 12.4 Å². The quantitative estimate of drug-likeness (QED) is 0.338. The number of nitrogens with zero attached hydrogens (tertiary/aromatic N) is 3. The fraction of sp³-hybridized carbons (Fsp3) is 0.538. The van der Waals surface area contributed by atoms with Crippen LogP contribution in [0.15, 0.2) is 17.4 Å². The monoisotopic (exact) mass is 298 g/mol. The maximum Gasteiger partial charge on any atom is 0.171 e. The van der Waals surface area contributed by atoms with Gasteiger partial charge in [-0.15, -0.1) is 0 Å². The van der Waals surface area contributed by atoms with Crippen LogP contribution in [0.2, 0.25) is 5.02 Å². The molecule has 2 heterocycles. The molecule has 0 saturated carbocycles. The highest BCUT2D eigenvalue weighted by Gasteiger charge is 2.23. The first kappa shape index (κ1) is 14.9. The van der Waals surface area contributed by atoms with Gasteiger partial charge in [0, 0.05) is 31.5 Å². The summed E-state index contributed by atoms with van der Waals surface area (Å²) in [4.78, 5) is 6.41. The lowest BCUT2D eigenvalue weighted by Crippen LogP contribution is -2.36. The van der Waals surface area contributed by atoms with Gasteiger partial charge in [0.15, 0.2) is 5.84 Å². The smallest absolute Gasteiger partial charge is 0.171 e. The highest BCUT2D eigenvalue weighted by molar-refractivity contribution is 6.36. The van der Waals surface area contributed by atoms with E-state index in [4.69, 9.17) is 27.6 Å². The number of hydrogen-bond acceptors (Lipinski definition) is 5. The number of aliphatic hydroxyl groups is 1. The minimum Gasteiger partial charge on any atom is -0.409 e. The zero-order valence-corrected chi connectivity index (χ0v) is 11.9. The first-order chi connectivity index (χ1) is 9.67. The fourth-order valence-corrected chi connectivity index (χ4v) is 2.91. The number of piperidine rings is 1. The number of amidine groups is 1. The summed E-state index contributed by atoms with van der Waals surface area (Å²) in [5.74, 6) is 1.07. The van der Waals surface area contributed by atoms with E-state index in [1.54, 1.807) is 12.3 Å². The summed E-state index contributed by atoms with van der Waals surface area (Å²) in [6.07, 6.45) is 4.53. The summed E-state index contributed by atoms with van der Waals surface area (Å²) < 4.78 is 0. The Bertz CT molecular complexity index is 493. The van der Waals surface area contributed by atoms with Crippen LogP contribution in [0, 0.1) is 5.92 Å². The van der Waals surface area contributed by atoms with Crippen molar-refractivity contribution < 1.29 is 10.3 Å². The van der Waals surface area contributed by atoms with Gasteiger partial charge >= 0.3 is 0 Å². The van der Waals surface area contributed by atoms with Gasteiger partial charge in [0.2, 0.25) is 0 Å². The number of aromatic nitrogens is 1. The Hall–Kier alpha value is -1.53. The van der Waals surface area contributed by atoms with Crippen molar-refractivity contribution in [2.24, 2.45) is 16.8 Å². The molecular formula is C13H19ClN4O2. The van der Waals surface area contributed by atoms with Crippen LogP contribution in [0.1, 0.15) is 24.8 Å². The Balaban J connectivity index is 2.24. The number of pyridine rings is 1. The lowest BCUT2D eigenvalue weighted by Gasteiger charge is -2.34. The van der Waals surface area contributed by atoms with Gasteiger partial charge in [-0.3, -0.25) is 0 Å². The Morgan fingerprint density at radius 2 is 2.40 bits per heavy atom. The van der Waals surface area contributed by atoms with Gasteiger partial charge in [-0.1, -0.05) is 16.8 Å². The van der Waals surface area contributed by atoms with Crippen molar-refractivity contribution in [2.45, 2.75) is 19.3 Å². The van der Waals surface area contributed by atoms with Gasteiger partial charge in [-0.05, 0) is 31.2 Å². The maximum atomic E-state index is 9.06. The lowest BCUT2D eigenvalue weighted by atomic mass is 9.95. The van der Waals surface area contributed by atoms with E-state index in [2.05, 4.69) is 15.0 Å². The molecule has 0 aliphatic carbocycles. The van der Waals surface area contributed by atoms with Crippen molar-refractivity contribution in [3.8, 4) is 0 Å². The third-order valence-corrected chi connectivity index (χ3v) is 3.98. The Labute approximate surface area is 122 Å². The van der Waals surface area contributed by atoms with Gasteiger partial charge in [0.25, 0.3) is 0 Å². The highest BCUT2D eigenvalue weighted by Crippen LogP contribution is 2.30. The molecule has 0 spiro atoms. The summed E-state index contributed by atoms with van der Waals surface area (Å²) in [7, 11) is 0. The van der Waals surface area contributed by atoms with Crippen molar-refractivity contribution in [1.29, 1.82) is 0 Å². The van der Waals surface area contributed by atoms with Crippen LogP contribution in [-0.4, -0.2) is 40.8 Å². The minimum absolute atomic E-state index is 0.0254. The van der Waals surface area contributed by atoms with Crippen LogP contribution in [0.5, 0.6) is 0 Å². The van der Waals surface area contributed by atoms with Crippen molar-refractivity contribution in [3.05, 3.63) is 22.8 Å². The van der Waals surface area contributed by atoms with E-state index in [1.165, 1.54) is 0 Å². The molecule has 1 aliphatic rings. The molecule has 4 N–H and O–H groups in total. The number of anilines is 1. The zero-order chi connectivity index (χ0) is 14.5. The number of oxime groups is 1. The normalized spacial score (nSPS) is 20.2. The number of hydrogen-bond donors (Lipinski definition) is 3. The second-order valence-corrected chi connectivity index (χ2v) is 5.33. The average Bonchev–Trinajstić information content (AvgIpc) is 2.47. The maximum absolute atomic E-state index is 9.06. The lowest BCUT2D eigenvalue weighted by molar-refractivity contribution is 0.244. The van der Waals surface area contributed by atoms with Crippen LogP contribution in [0.3, 0.4) is 0 Å². The van der Waals surface area contributed by atoms with Gasteiger partial charge < -0.3 is 20.9 Å².